The maximum atomic E-state index is 12.0. The molecule has 0 aliphatic heterocycles. The predicted octanol–water partition coefficient (Wildman–Crippen LogP) is 3.21. The molecule has 0 atom stereocenters. The Labute approximate surface area is 153 Å². The number of amides is 2. The molecule has 2 aromatic rings. The van der Waals surface area contributed by atoms with Gasteiger partial charge < -0.3 is 24.5 Å². The van der Waals surface area contributed by atoms with Gasteiger partial charge in [0, 0.05) is 11.8 Å². The van der Waals surface area contributed by atoms with E-state index < -0.39 is 5.91 Å². The maximum Gasteiger partial charge on any atom is 0.287 e. The third-order valence-electron chi connectivity index (χ3n) is 3.03. The van der Waals surface area contributed by atoms with Gasteiger partial charge in [0.1, 0.15) is 0 Å². The number of anilines is 1. The first-order valence-corrected chi connectivity index (χ1v) is 8.55. The molecule has 2 amide bonds. The van der Waals surface area contributed by atoms with Crippen molar-refractivity contribution in [1.29, 1.82) is 0 Å². The normalized spacial score (nSPS) is 10.2. The van der Waals surface area contributed by atoms with Gasteiger partial charge in [-0.25, -0.2) is 0 Å². The molecule has 1 aromatic carbocycles. The highest BCUT2D eigenvalue weighted by Crippen LogP contribution is 2.30. The molecule has 0 radical (unpaired) electrons. The molecule has 2 N–H and O–H groups in total. The van der Waals surface area contributed by atoms with Gasteiger partial charge in [-0.05, 0) is 54.0 Å². The highest BCUT2D eigenvalue weighted by Gasteiger charge is 2.13. The zero-order chi connectivity index (χ0) is 18.2. The number of nitrogens with one attached hydrogen (secondary N) is 2. The molecule has 134 valence electrons. The predicted molar refractivity (Wildman–Crippen MR) is 96.2 cm³/mol. The molecular formula is C17H19BrN2O5. The third kappa shape index (κ3) is 5.53. The summed E-state index contributed by atoms with van der Waals surface area (Å²) in [6.45, 7) is 4.55. The van der Waals surface area contributed by atoms with E-state index in [1.807, 2.05) is 13.8 Å². The fourth-order valence-electron chi connectivity index (χ4n) is 2.02. The van der Waals surface area contributed by atoms with Gasteiger partial charge in [-0.15, -0.1) is 0 Å². The Kier molecular flexibility index (Phi) is 6.88. The van der Waals surface area contributed by atoms with Gasteiger partial charge in [0.2, 0.25) is 5.91 Å². The van der Waals surface area contributed by atoms with Crippen LogP contribution in [-0.4, -0.2) is 31.6 Å². The number of carbonyl (C=O) groups is 2. The van der Waals surface area contributed by atoms with Crippen LogP contribution in [0.2, 0.25) is 0 Å². The van der Waals surface area contributed by atoms with Crippen molar-refractivity contribution in [3.8, 4) is 11.5 Å². The number of hydrogen-bond donors (Lipinski definition) is 2. The summed E-state index contributed by atoms with van der Waals surface area (Å²) in [4.78, 5) is 23.8. The Morgan fingerprint density at radius 1 is 1.08 bits per heavy atom. The van der Waals surface area contributed by atoms with Crippen molar-refractivity contribution in [1.82, 2.24) is 5.32 Å². The van der Waals surface area contributed by atoms with Gasteiger partial charge in [0.15, 0.2) is 21.9 Å². The second-order valence-electron chi connectivity index (χ2n) is 4.86. The number of carbonyl (C=O) groups excluding carboxylic acids is 2. The Bertz CT molecular complexity index is 744. The van der Waals surface area contributed by atoms with Crippen LogP contribution in [0.25, 0.3) is 0 Å². The third-order valence-corrected chi connectivity index (χ3v) is 3.46. The smallest absolute Gasteiger partial charge is 0.287 e. The van der Waals surface area contributed by atoms with Gasteiger partial charge in [-0.3, -0.25) is 9.59 Å². The molecule has 1 aromatic heterocycles. The van der Waals surface area contributed by atoms with Crippen LogP contribution in [0.3, 0.4) is 0 Å². The zero-order valence-corrected chi connectivity index (χ0v) is 15.5. The number of benzene rings is 1. The summed E-state index contributed by atoms with van der Waals surface area (Å²) in [6.07, 6.45) is 0. The first-order valence-electron chi connectivity index (χ1n) is 7.76. The summed E-state index contributed by atoms with van der Waals surface area (Å²) in [5.41, 5.74) is 0.548. The van der Waals surface area contributed by atoms with E-state index in [0.717, 1.165) is 0 Å². The van der Waals surface area contributed by atoms with Crippen molar-refractivity contribution < 1.29 is 23.5 Å². The van der Waals surface area contributed by atoms with Crippen molar-refractivity contribution in [2.24, 2.45) is 0 Å². The van der Waals surface area contributed by atoms with E-state index >= 15 is 0 Å². The topological polar surface area (TPSA) is 89.8 Å². The standard InChI is InChI=1S/C17H19BrN2O5/c1-3-23-12-6-5-11(9-14(12)24-4-2)20-16(21)10-19-17(22)13-7-8-15(18)25-13/h5-9H,3-4,10H2,1-2H3,(H,19,22)(H,20,21). The van der Waals surface area contributed by atoms with Gasteiger partial charge in [0.05, 0.1) is 19.8 Å². The number of hydrogen-bond acceptors (Lipinski definition) is 5. The SMILES string of the molecule is CCOc1ccc(NC(=O)CNC(=O)c2ccc(Br)o2)cc1OCC. The fraction of sp³-hybridized carbons (Fsp3) is 0.294. The summed E-state index contributed by atoms with van der Waals surface area (Å²) >= 11 is 3.11. The Balaban J connectivity index is 1.93. The van der Waals surface area contributed by atoms with Gasteiger partial charge in [0.25, 0.3) is 5.91 Å². The molecule has 2 rings (SSSR count). The van der Waals surface area contributed by atoms with E-state index in [9.17, 15) is 9.59 Å². The highest BCUT2D eigenvalue weighted by atomic mass is 79.9. The molecule has 7 nitrogen and oxygen atoms in total. The number of furan rings is 1. The lowest BCUT2D eigenvalue weighted by atomic mass is 10.2. The quantitative estimate of drug-likeness (QED) is 0.697. The van der Waals surface area contributed by atoms with E-state index in [1.165, 1.54) is 6.07 Å². The van der Waals surface area contributed by atoms with Crippen molar-refractivity contribution >= 4 is 33.4 Å². The number of halogens is 1. The van der Waals surface area contributed by atoms with E-state index in [1.54, 1.807) is 24.3 Å². The second-order valence-corrected chi connectivity index (χ2v) is 5.64. The summed E-state index contributed by atoms with van der Waals surface area (Å²) < 4.78 is 16.5. The molecule has 25 heavy (non-hydrogen) atoms. The first kappa shape index (κ1) is 18.9. The van der Waals surface area contributed by atoms with E-state index in [4.69, 9.17) is 13.9 Å². The molecule has 8 heteroatoms. The molecule has 1 heterocycles. The molecule has 0 bridgehead atoms. The van der Waals surface area contributed by atoms with Gasteiger partial charge in [-0.1, -0.05) is 0 Å². The summed E-state index contributed by atoms with van der Waals surface area (Å²) in [5.74, 6) is 0.443. The monoisotopic (exact) mass is 410 g/mol. The minimum absolute atomic E-state index is 0.124. The van der Waals surface area contributed by atoms with Gasteiger partial charge in [-0.2, -0.15) is 0 Å². The molecular weight excluding hydrogens is 392 g/mol. The Morgan fingerprint density at radius 3 is 2.44 bits per heavy atom. The number of ether oxygens (including phenoxy) is 2. The minimum Gasteiger partial charge on any atom is -0.490 e. The van der Waals surface area contributed by atoms with Crippen LogP contribution in [0.4, 0.5) is 5.69 Å². The lowest BCUT2D eigenvalue weighted by Crippen LogP contribution is -2.32. The van der Waals surface area contributed by atoms with Crippen LogP contribution in [-0.2, 0) is 4.79 Å². The molecule has 0 saturated heterocycles. The van der Waals surface area contributed by atoms with Crippen LogP contribution < -0.4 is 20.1 Å². The zero-order valence-electron chi connectivity index (χ0n) is 13.9. The van der Waals surface area contributed by atoms with Crippen molar-refractivity contribution in [2.75, 3.05) is 25.1 Å². The average molecular weight is 411 g/mol. The molecule has 0 unspecified atom stereocenters. The van der Waals surface area contributed by atoms with Crippen LogP contribution >= 0.6 is 15.9 Å². The van der Waals surface area contributed by atoms with Crippen molar-refractivity contribution in [2.45, 2.75) is 13.8 Å². The summed E-state index contributed by atoms with van der Waals surface area (Å²) in [7, 11) is 0. The van der Waals surface area contributed by atoms with Crippen LogP contribution in [0, 0.1) is 0 Å². The van der Waals surface area contributed by atoms with Crippen LogP contribution in [0.1, 0.15) is 24.4 Å². The molecule has 0 aliphatic rings. The van der Waals surface area contributed by atoms with Gasteiger partial charge >= 0.3 is 0 Å². The Hall–Kier alpha value is -2.48. The fourth-order valence-corrected chi connectivity index (χ4v) is 2.32. The molecule has 0 fully saturated rings. The van der Waals surface area contributed by atoms with E-state index in [-0.39, 0.29) is 18.2 Å². The summed E-state index contributed by atoms with van der Waals surface area (Å²) in [5, 5.41) is 5.18. The van der Waals surface area contributed by atoms with Crippen LogP contribution in [0.15, 0.2) is 39.4 Å². The number of rotatable bonds is 8. The Morgan fingerprint density at radius 2 is 1.80 bits per heavy atom. The molecule has 0 saturated carbocycles. The van der Waals surface area contributed by atoms with Crippen molar-refractivity contribution in [3.63, 3.8) is 0 Å². The molecule has 0 aliphatic carbocycles. The highest BCUT2D eigenvalue weighted by molar-refractivity contribution is 9.10. The second kappa shape index (κ2) is 9.12. The summed E-state index contributed by atoms with van der Waals surface area (Å²) in [6, 6.07) is 8.22. The van der Waals surface area contributed by atoms with Crippen molar-refractivity contribution in [3.05, 3.63) is 40.8 Å². The largest absolute Gasteiger partial charge is 0.490 e. The average Bonchev–Trinajstić information content (AvgIpc) is 3.02. The lowest BCUT2D eigenvalue weighted by Gasteiger charge is -2.13. The van der Waals surface area contributed by atoms with E-state index in [0.29, 0.717) is 35.1 Å². The first-order chi connectivity index (χ1) is 12.0. The van der Waals surface area contributed by atoms with E-state index in [2.05, 4.69) is 26.6 Å². The molecule has 0 spiro atoms. The minimum atomic E-state index is -0.470. The lowest BCUT2D eigenvalue weighted by molar-refractivity contribution is -0.115. The van der Waals surface area contributed by atoms with Crippen LogP contribution in [0.5, 0.6) is 11.5 Å². The maximum absolute atomic E-state index is 12.0.